The number of alkyl halides is 3. The highest BCUT2D eigenvalue weighted by Gasteiger charge is 2.38. The summed E-state index contributed by atoms with van der Waals surface area (Å²) in [4.78, 5) is 27.4. The molecule has 0 radical (unpaired) electrons. The van der Waals surface area contributed by atoms with E-state index in [-0.39, 0.29) is 17.9 Å². The maximum atomic E-state index is 13.2. The number of carbonyl (C=O) groups is 2. The van der Waals surface area contributed by atoms with Gasteiger partial charge >= 0.3 is 6.18 Å². The highest BCUT2D eigenvalue weighted by molar-refractivity contribution is 6.04. The van der Waals surface area contributed by atoms with E-state index >= 15 is 0 Å². The molecule has 1 unspecified atom stereocenters. The lowest BCUT2D eigenvalue weighted by Crippen LogP contribution is -2.53. The van der Waals surface area contributed by atoms with Crippen molar-refractivity contribution in [3.63, 3.8) is 0 Å². The molecule has 166 valence electrons. The summed E-state index contributed by atoms with van der Waals surface area (Å²) >= 11 is 0. The van der Waals surface area contributed by atoms with Crippen LogP contribution in [0.2, 0.25) is 0 Å². The number of halogens is 3. The molecule has 1 atom stereocenters. The number of hydrogen-bond acceptors (Lipinski definition) is 3. The van der Waals surface area contributed by atoms with E-state index in [9.17, 15) is 22.8 Å². The molecule has 32 heavy (non-hydrogen) atoms. The summed E-state index contributed by atoms with van der Waals surface area (Å²) in [5.41, 5.74) is 1.25. The average molecular weight is 442 g/mol. The zero-order valence-corrected chi connectivity index (χ0v) is 17.5. The van der Waals surface area contributed by atoms with Crippen molar-refractivity contribution in [2.45, 2.75) is 32.5 Å². The molecular weight excluding hydrogens is 421 g/mol. The molecule has 0 aliphatic carbocycles. The monoisotopic (exact) mass is 442 g/mol. The zero-order chi connectivity index (χ0) is 23.0. The summed E-state index contributed by atoms with van der Waals surface area (Å²) in [5.74, 6) is -0.426. The number of fused-ring (bicyclic) bond motifs is 1. The van der Waals surface area contributed by atoms with Crippen LogP contribution in [0.15, 0.2) is 54.6 Å². The number of rotatable bonds is 4. The predicted octanol–water partition coefficient (Wildman–Crippen LogP) is 3.91. The molecule has 9 heteroatoms. The van der Waals surface area contributed by atoms with Gasteiger partial charge in [0.25, 0.3) is 11.8 Å². The van der Waals surface area contributed by atoms with Crippen molar-refractivity contribution < 1.29 is 22.8 Å². The minimum absolute atomic E-state index is 0.154. The van der Waals surface area contributed by atoms with Crippen molar-refractivity contribution in [3.05, 3.63) is 77.0 Å². The Morgan fingerprint density at radius 1 is 1.16 bits per heavy atom. The molecule has 4 rings (SSSR count). The lowest BCUT2D eigenvalue weighted by molar-refractivity contribution is -0.137. The highest BCUT2D eigenvalue weighted by atomic mass is 19.4. The number of para-hydroxylation sites is 1. The number of anilines is 1. The molecule has 1 aliphatic rings. The van der Waals surface area contributed by atoms with Gasteiger partial charge in [-0.2, -0.15) is 18.3 Å². The van der Waals surface area contributed by atoms with Crippen molar-refractivity contribution in [2.24, 2.45) is 0 Å². The van der Waals surface area contributed by atoms with Gasteiger partial charge in [-0.1, -0.05) is 24.3 Å². The Kier molecular flexibility index (Phi) is 5.50. The highest BCUT2D eigenvalue weighted by Crippen LogP contribution is 2.33. The van der Waals surface area contributed by atoms with Crippen LogP contribution >= 0.6 is 0 Å². The molecule has 0 bridgehead atoms. The van der Waals surface area contributed by atoms with E-state index in [1.165, 1.54) is 12.1 Å². The predicted molar refractivity (Wildman–Crippen MR) is 113 cm³/mol. The molecule has 2 heterocycles. The number of nitrogens with zero attached hydrogens (tertiary/aromatic N) is 3. The number of aryl methyl sites for hydroxylation is 1. The number of carbonyl (C=O) groups excluding carboxylic acids is 2. The fourth-order valence-electron chi connectivity index (χ4n) is 3.89. The van der Waals surface area contributed by atoms with Gasteiger partial charge in [0.2, 0.25) is 0 Å². The number of benzene rings is 2. The number of amides is 2. The quantitative estimate of drug-likeness (QED) is 0.666. The van der Waals surface area contributed by atoms with Gasteiger partial charge in [0, 0.05) is 24.1 Å². The van der Waals surface area contributed by atoms with Gasteiger partial charge in [0.1, 0.15) is 11.9 Å². The molecule has 3 aromatic rings. The SMILES string of the molecule is CCN1C(=O)C(NC(=O)c2cccc(C(F)(F)F)c2)Cc2c(C)nn(-c3ccccc3)c21. The third kappa shape index (κ3) is 3.86. The van der Waals surface area contributed by atoms with Crippen LogP contribution in [-0.4, -0.2) is 34.2 Å². The Hall–Kier alpha value is -3.62. The Morgan fingerprint density at radius 3 is 2.53 bits per heavy atom. The summed E-state index contributed by atoms with van der Waals surface area (Å²) in [6, 6.07) is 12.6. The summed E-state index contributed by atoms with van der Waals surface area (Å²) in [7, 11) is 0. The first-order valence-corrected chi connectivity index (χ1v) is 10.1. The number of hydrogen-bond donors (Lipinski definition) is 1. The Morgan fingerprint density at radius 2 is 1.88 bits per heavy atom. The van der Waals surface area contributed by atoms with E-state index in [0.717, 1.165) is 23.4 Å². The topological polar surface area (TPSA) is 67.2 Å². The fourth-order valence-corrected chi connectivity index (χ4v) is 3.89. The van der Waals surface area contributed by atoms with E-state index in [0.29, 0.717) is 18.1 Å². The lowest BCUT2D eigenvalue weighted by atomic mass is 9.99. The normalized spacial score (nSPS) is 16.1. The van der Waals surface area contributed by atoms with Crippen LogP contribution in [-0.2, 0) is 17.4 Å². The maximum absolute atomic E-state index is 13.2. The smallest absolute Gasteiger partial charge is 0.340 e. The van der Waals surface area contributed by atoms with Gasteiger partial charge in [-0.15, -0.1) is 0 Å². The lowest BCUT2D eigenvalue weighted by Gasteiger charge is -2.32. The zero-order valence-electron chi connectivity index (χ0n) is 17.5. The van der Waals surface area contributed by atoms with Crippen LogP contribution in [0.25, 0.3) is 5.69 Å². The molecule has 6 nitrogen and oxygen atoms in total. The molecule has 0 spiro atoms. The number of nitrogens with one attached hydrogen (secondary N) is 1. The van der Waals surface area contributed by atoms with Gasteiger partial charge in [0.15, 0.2) is 0 Å². The van der Waals surface area contributed by atoms with Crippen LogP contribution in [0.1, 0.15) is 34.1 Å². The summed E-state index contributed by atoms with van der Waals surface area (Å²) in [6.07, 6.45) is -4.36. The van der Waals surface area contributed by atoms with E-state index in [4.69, 9.17) is 0 Å². The van der Waals surface area contributed by atoms with Gasteiger partial charge in [-0.3, -0.25) is 14.5 Å². The maximum Gasteiger partial charge on any atom is 0.416 e. The van der Waals surface area contributed by atoms with Crippen LogP contribution in [0.4, 0.5) is 19.0 Å². The third-order valence-corrected chi connectivity index (χ3v) is 5.46. The molecule has 1 aliphatic heterocycles. The first kappa shape index (κ1) is 21.6. The Bertz CT molecular complexity index is 1170. The van der Waals surface area contributed by atoms with Crippen LogP contribution in [0.3, 0.4) is 0 Å². The van der Waals surface area contributed by atoms with E-state index < -0.39 is 23.7 Å². The standard InChI is InChI=1S/C23H21F3N4O2/c1-3-29-21-18(14(2)28-30(21)17-10-5-4-6-11-17)13-19(22(29)32)27-20(31)15-8-7-9-16(12-15)23(24,25)26/h4-12,19H,3,13H2,1-2H3,(H,27,31). The van der Waals surface area contributed by atoms with E-state index in [1.807, 2.05) is 44.2 Å². The fraction of sp³-hybridized carbons (Fsp3) is 0.261. The van der Waals surface area contributed by atoms with Gasteiger partial charge < -0.3 is 5.32 Å². The largest absolute Gasteiger partial charge is 0.416 e. The third-order valence-electron chi connectivity index (χ3n) is 5.46. The molecule has 2 aromatic carbocycles. The van der Waals surface area contributed by atoms with Crippen molar-refractivity contribution >= 4 is 17.6 Å². The van der Waals surface area contributed by atoms with Crippen LogP contribution in [0.5, 0.6) is 0 Å². The van der Waals surface area contributed by atoms with Crippen molar-refractivity contribution in [1.29, 1.82) is 0 Å². The second-order valence-electron chi connectivity index (χ2n) is 7.53. The summed E-state index contributed by atoms with van der Waals surface area (Å²) in [6.45, 7) is 3.99. The molecule has 0 fully saturated rings. The second kappa shape index (κ2) is 8.14. The average Bonchev–Trinajstić information content (AvgIpc) is 3.10. The first-order valence-electron chi connectivity index (χ1n) is 10.1. The molecule has 0 saturated carbocycles. The number of aromatic nitrogens is 2. The minimum Gasteiger partial charge on any atom is -0.340 e. The van der Waals surface area contributed by atoms with Gasteiger partial charge in [-0.25, -0.2) is 4.68 Å². The van der Waals surface area contributed by atoms with Crippen molar-refractivity contribution in [3.8, 4) is 5.69 Å². The second-order valence-corrected chi connectivity index (χ2v) is 7.53. The van der Waals surface area contributed by atoms with Crippen molar-refractivity contribution in [1.82, 2.24) is 15.1 Å². The van der Waals surface area contributed by atoms with E-state index in [1.54, 1.807) is 9.58 Å². The van der Waals surface area contributed by atoms with Gasteiger partial charge in [-0.05, 0) is 44.2 Å². The first-order chi connectivity index (χ1) is 15.2. The van der Waals surface area contributed by atoms with E-state index in [2.05, 4.69) is 10.4 Å². The molecule has 1 aromatic heterocycles. The summed E-state index contributed by atoms with van der Waals surface area (Å²) in [5, 5.41) is 7.20. The molecule has 2 amide bonds. The summed E-state index contributed by atoms with van der Waals surface area (Å²) < 4.78 is 40.7. The van der Waals surface area contributed by atoms with Crippen molar-refractivity contribution in [2.75, 3.05) is 11.4 Å². The number of likely N-dealkylation sites (N-methyl/N-ethyl adjacent to an activating group) is 1. The van der Waals surface area contributed by atoms with Gasteiger partial charge in [0.05, 0.1) is 16.9 Å². The Labute approximate surface area is 182 Å². The van der Waals surface area contributed by atoms with Crippen LogP contribution in [0, 0.1) is 6.92 Å². The molecule has 0 saturated heterocycles. The molecular formula is C23H21F3N4O2. The minimum atomic E-state index is -4.56. The Balaban J connectivity index is 1.65. The molecule has 1 N–H and O–H groups in total. The van der Waals surface area contributed by atoms with Crippen LogP contribution < -0.4 is 10.2 Å².